The van der Waals surface area contributed by atoms with Crippen molar-refractivity contribution >= 4 is 22.9 Å². The molecular weight excluding hydrogens is 344 g/mol. The molecule has 1 saturated heterocycles. The molecule has 1 amide bonds. The molecule has 0 saturated carbocycles. The highest BCUT2D eigenvalue weighted by Crippen LogP contribution is 2.27. The van der Waals surface area contributed by atoms with Crippen molar-refractivity contribution in [3.8, 4) is 0 Å². The van der Waals surface area contributed by atoms with Crippen molar-refractivity contribution in [1.82, 2.24) is 30.3 Å². The minimum Gasteiger partial charge on any atom is -0.353 e. The summed E-state index contributed by atoms with van der Waals surface area (Å²) >= 11 is 0. The number of hydrogen-bond acceptors (Lipinski definition) is 6. The molecule has 2 aromatic heterocycles. The van der Waals surface area contributed by atoms with Crippen molar-refractivity contribution < 1.29 is 13.6 Å². The average molecular weight is 359 g/mol. The third-order valence-electron chi connectivity index (χ3n) is 4.42. The van der Waals surface area contributed by atoms with Gasteiger partial charge in [-0.1, -0.05) is 11.3 Å². The van der Waals surface area contributed by atoms with Crippen LogP contribution in [0.3, 0.4) is 0 Å². The summed E-state index contributed by atoms with van der Waals surface area (Å²) in [6.45, 7) is 0.693. The van der Waals surface area contributed by atoms with Gasteiger partial charge >= 0.3 is 0 Å². The van der Waals surface area contributed by atoms with Crippen LogP contribution in [-0.4, -0.2) is 44.0 Å². The fourth-order valence-electron chi connectivity index (χ4n) is 2.91. The summed E-state index contributed by atoms with van der Waals surface area (Å²) < 4.78 is 28.8. The van der Waals surface area contributed by atoms with Crippen LogP contribution in [0.2, 0.25) is 0 Å². The Morgan fingerprint density at radius 3 is 2.73 bits per heavy atom. The van der Waals surface area contributed by atoms with Crippen molar-refractivity contribution in [3.63, 3.8) is 0 Å². The lowest BCUT2D eigenvalue weighted by atomic mass is 9.99. The van der Waals surface area contributed by atoms with Crippen LogP contribution in [0.5, 0.6) is 0 Å². The smallest absolute Gasteiger partial charge is 0.226 e. The summed E-state index contributed by atoms with van der Waals surface area (Å²) in [5.41, 5.74) is 1.04. The van der Waals surface area contributed by atoms with Gasteiger partial charge in [-0.25, -0.2) is 23.4 Å². The molecule has 1 fully saturated rings. The van der Waals surface area contributed by atoms with Gasteiger partial charge < -0.3 is 10.2 Å². The highest BCUT2D eigenvalue weighted by molar-refractivity contribution is 5.86. The largest absolute Gasteiger partial charge is 0.353 e. The van der Waals surface area contributed by atoms with Crippen molar-refractivity contribution in [3.05, 3.63) is 41.7 Å². The molecule has 10 heteroatoms. The number of nitrogens with zero attached hydrogens (tertiary/aromatic N) is 6. The molecule has 8 nitrogen and oxygen atoms in total. The first-order valence-corrected chi connectivity index (χ1v) is 8.00. The number of anilines is 1. The standard InChI is InChI=1S/C16H15F2N7O/c1-24-14-13(22-23-24)15(21-8-20-14)25-6-9(7-25)16(26)19-5-10-11(17)3-2-4-12(10)18/h2-4,8-9H,5-7H2,1H3,(H,19,26). The van der Waals surface area contributed by atoms with E-state index in [1.165, 1.54) is 12.4 Å². The minimum atomic E-state index is -0.674. The quantitative estimate of drug-likeness (QED) is 0.741. The van der Waals surface area contributed by atoms with Crippen LogP contribution in [0.1, 0.15) is 5.56 Å². The Labute approximate surface area is 146 Å². The zero-order valence-electron chi connectivity index (χ0n) is 13.9. The molecule has 0 radical (unpaired) electrons. The van der Waals surface area contributed by atoms with E-state index in [4.69, 9.17) is 0 Å². The van der Waals surface area contributed by atoms with Gasteiger partial charge in [0, 0.05) is 32.2 Å². The predicted molar refractivity (Wildman–Crippen MR) is 88.0 cm³/mol. The summed E-state index contributed by atoms with van der Waals surface area (Å²) in [5.74, 6) is -1.27. The van der Waals surface area contributed by atoms with Crippen molar-refractivity contribution in [2.24, 2.45) is 13.0 Å². The van der Waals surface area contributed by atoms with Crippen LogP contribution in [-0.2, 0) is 18.4 Å². The van der Waals surface area contributed by atoms with E-state index >= 15 is 0 Å². The highest BCUT2D eigenvalue weighted by atomic mass is 19.1. The number of carbonyl (C=O) groups excluding carboxylic acids is 1. The molecule has 3 aromatic rings. The molecule has 3 heterocycles. The van der Waals surface area contributed by atoms with Crippen LogP contribution in [0.25, 0.3) is 11.2 Å². The van der Waals surface area contributed by atoms with E-state index in [-0.39, 0.29) is 23.9 Å². The second kappa shape index (κ2) is 6.28. The van der Waals surface area contributed by atoms with E-state index < -0.39 is 11.6 Å². The summed E-state index contributed by atoms with van der Waals surface area (Å²) in [6, 6.07) is 3.61. The van der Waals surface area contributed by atoms with Gasteiger partial charge in [-0.3, -0.25) is 4.79 Å². The number of aromatic nitrogens is 5. The molecular formula is C16H15F2N7O. The molecule has 0 unspecified atom stereocenters. The Bertz CT molecular complexity index is 964. The Balaban J connectivity index is 1.39. The number of carbonyl (C=O) groups is 1. The highest BCUT2D eigenvalue weighted by Gasteiger charge is 2.35. The first-order valence-electron chi connectivity index (χ1n) is 8.00. The predicted octanol–water partition coefficient (Wildman–Crippen LogP) is 0.789. The third-order valence-corrected chi connectivity index (χ3v) is 4.42. The van der Waals surface area contributed by atoms with Crippen LogP contribution in [0, 0.1) is 17.6 Å². The van der Waals surface area contributed by atoms with Crippen LogP contribution < -0.4 is 10.2 Å². The lowest BCUT2D eigenvalue weighted by molar-refractivity contribution is -0.125. The number of amides is 1. The number of hydrogen-bond donors (Lipinski definition) is 1. The Morgan fingerprint density at radius 2 is 2.00 bits per heavy atom. The van der Waals surface area contributed by atoms with E-state index in [0.717, 1.165) is 12.1 Å². The van der Waals surface area contributed by atoms with E-state index in [1.807, 2.05) is 4.90 Å². The van der Waals surface area contributed by atoms with Crippen LogP contribution in [0.4, 0.5) is 14.6 Å². The number of rotatable bonds is 4. The molecule has 0 atom stereocenters. The molecule has 0 aliphatic carbocycles. The van der Waals surface area contributed by atoms with E-state index in [0.29, 0.717) is 30.1 Å². The molecule has 4 rings (SSSR count). The third kappa shape index (κ3) is 2.72. The molecule has 1 aliphatic heterocycles. The lowest BCUT2D eigenvalue weighted by Crippen LogP contribution is -2.54. The van der Waals surface area contributed by atoms with Gasteiger partial charge in [-0.2, -0.15) is 0 Å². The zero-order chi connectivity index (χ0) is 18.3. The first kappa shape index (κ1) is 16.3. The van der Waals surface area contributed by atoms with Gasteiger partial charge in [0.05, 0.1) is 5.92 Å². The Kier molecular flexibility index (Phi) is 3.94. The summed E-state index contributed by atoms with van der Waals surface area (Å²) in [4.78, 5) is 22.5. The fraction of sp³-hybridized carbons (Fsp3) is 0.312. The molecule has 1 aliphatic rings. The normalized spacial score (nSPS) is 14.5. The average Bonchev–Trinajstić information content (AvgIpc) is 2.95. The van der Waals surface area contributed by atoms with E-state index in [1.54, 1.807) is 11.7 Å². The lowest BCUT2D eigenvalue weighted by Gasteiger charge is -2.38. The molecule has 1 N–H and O–H groups in total. The second-order valence-electron chi connectivity index (χ2n) is 6.10. The van der Waals surface area contributed by atoms with Gasteiger partial charge in [0.15, 0.2) is 17.0 Å². The van der Waals surface area contributed by atoms with Gasteiger partial charge in [0.1, 0.15) is 18.0 Å². The summed E-state index contributed by atoms with van der Waals surface area (Å²) in [6.07, 6.45) is 1.43. The number of aryl methyl sites for hydroxylation is 1. The van der Waals surface area contributed by atoms with Crippen LogP contribution >= 0.6 is 0 Å². The minimum absolute atomic E-state index is 0.144. The van der Waals surface area contributed by atoms with Crippen molar-refractivity contribution in [1.29, 1.82) is 0 Å². The molecule has 134 valence electrons. The summed E-state index contributed by atoms with van der Waals surface area (Å²) in [7, 11) is 1.74. The maximum absolute atomic E-state index is 13.6. The Hall–Kier alpha value is -3.17. The van der Waals surface area contributed by atoms with Crippen LogP contribution in [0.15, 0.2) is 24.5 Å². The second-order valence-corrected chi connectivity index (χ2v) is 6.10. The first-order chi connectivity index (χ1) is 12.5. The van der Waals surface area contributed by atoms with E-state index in [2.05, 4.69) is 25.6 Å². The van der Waals surface area contributed by atoms with Gasteiger partial charge in [-0.05, 0) is 12.1 Å². The topological polar surface area (TPSA) is 88.8 Å². The molecule has 26 heavy (non-hydrogen) atoms. The molecule has 0 spiro atoms. The van der Waals surface area contributed by atoms with Gasteiger partial charge in [-0.15, -0.1) is 5.10 Å². The Morgan fingerprint density at radius 1 is 1.27 bits per heavy atom. The fourth-order valence-corrected chi connectivity index (χ4v) is 2.91. The SMILES string of the molecule is Cn1nnc2c(N3CC(C(=O)NCc4c(F)cccc4F)C3)ncnc21. The van der Waals surface area contributed by atoms with Gasteiger partial charge in [0.25, 0.3) is 0 Å². The summed E-state index contributed by atoms with van der Waals surface area (Å²) in [5, 5.41) is 10.6. The maximum atomic E-state index is 13.6. The van der Waals surface area contributed by atoms with E-state index in [9.17, 15) is 13.6 Å². The molecule has 1 aromatic carbocycles. The van der Waals surface area contributed by atoms with Crippen molar-refractivity contribution in [2.75, 3.05) is 18.0 Å². The maximum Gasteiger partial charge on any atom is 0.226 e. The monoisotopic (exact) mass is 359 g/mol. The number of halogens is 2. The zero-order valence-corrected chi connectivity index (χ0v) is 13.9. The van der Waals surface area contributed by atoms with Gasteiger partial charge in [0.2, 0.25) is 5.91 Å². The number of nitrogens with one attached hydrogen (secondary N) is 1. The number of benzene rings is 1. The molecule has 0 bridgehead atoms. The number of fused-ring (bicyclic) bond motifs is 1. The van der Waals surface area contributed by atoms with Crippen molar-refractivity contribution in [2.45, 2.75) is 6.54 Å².